The number of rotatable bonds is 8. The number of nitrogens with zero attached hydrogens (tertiary/aromatic N) is 2. The van der Waals surface area contributed by atoms with Gasteiger partial charge in [-0.25, -0.2) is 8.42 Å². The van der Waals surface area contributed by atoms with Crippen LogP contribution in [0.3, 0.4) is 0 Å². The highest BCUT2D eigenvalue weighted by Crippen LogP contribution is 2.24. The number of benzene rings is 2. The van der Waals surface area contributed by atoms with Gasteiger partial charge in [0.15, 0.2) is 0 Å². The summed E-state index contributed by atoms with van der Waals surface area (Å²) in [6.07, 6.45) is 3.15. The minimum Gasteiger partial charge on any atom is -0.379 e. The van der Waals surface area contributed by atoms with Gasteiger partial charge in [0.25, 0.3) is 5.91 Å². The van der Waals surface area contributed by atoms with Crippen molar-refractivity contribution in [3.05, 3.63) is 64.7 Å². The van der Waals surface area contributed by atoms with E-state index in [-0.39, 0.29) is 10.8 Å². The predicted octanol–water partition coefficient (Wildman–Crippen LogP) is 3.43. The molecule has 0 spiro atoms. The van der Waals surface area contributed by atoms with Gasteiger partial charge < -0.3 is 10.1 Å². The molecule has 2 aliphatic rings. The lowest BCUT2D eigenvalue weighted by Crippen LogP contribution is -2.41. The summed E-state index contributed by atoms with van der Waals surface area (Å²) in [5.41, 5.74) is 3.36. The number of morpholine rings is 1. The summed E-state index contributed by atoms with van der Waals surface area (Å²) in [7, 11) is -3.68. The van der Waals surface area contributed by atoms with E-state index >= 15 is 0 Å². The standard InChI is InChI=1S/C27H37N3O4S/c1-3-24-10-11-25(17-26(24)35(32,33)30-13-15-34-16-14-30)27(31)28-18-22-6-8-23(9-7-22)20-29-12-4-5-21(2)19-29/h6-11,17,21H,3-5,12-16,18-20H2,1-2H3,(H,28,31). The van der Waals surface area contributed by atoms with E-state index in [9.17, 15) is 13.2 Å². The number of ether oxygens (including phenoxy) is 1. The second-order valence-corrected chi connectivity index (χ2v) is 11.6. The Morgan fingerprint density at radius 3 is 2.46 bits per heavy atom. The SMILES string of the molecule is CCc1ccc(C(=O)NCc2ccc(CN3CCCC(C)C3)cc2)cc1S(=O)(=O)N1CCOCC1. The lowest BCUT2D eigenvalue weighted by molar-refractivity contribution is 0.0730. The molecule has 2 saturated heterocycles. The number of aryl methyl sites for hydroxylation is 1. The summed E-state index contributed by atoms with van der Waals surface area (Å²) in [5, 5.41) is 2.94. The third-order valence-electron chi connectivity index (χ3n) is 6.92. The number of nitrogens with one attached hydrogen (secondary N) is 1. The van der Waals surface area contributed by atoms with Gasteiger partial charge in [0.1, 0.15) is 0 Å². The Bertz CT molecular complexity index is 1110. The van der Waals surface area contributed by atoms with Gasteiger partial charge in [0, 0.05) is 38.3 Å². The Labute approximate surface area is 209 Å². The average Bonchev–Trinajstić information content (AvgIpc) is 2.88. The molecule has 35 heavy (non-hydrogen) atoms. The van der Waals surface area contributed by atoms with E-state index in [0.29, 0.717) is 50.4 Å². The first-order chi connectivity index (χ1) is 16.9. The number of sulfonamides is 1. The van der Waals surface area contributed by atoms with E-state index in [1.807, 2.05) is 6.92 Å². The largest absolute Gasteiger partial charge is 0.379 e. The number of hydrogen-bond donors (Lipinski definition) is 1. The lowest BCUT2D eigenvalue weighted by atomic mass is 9.99. The van der Waals surface area contributed by atoms with E-state index in [2.05, 4.69) is 41.4 Å². The Hall–Kier alpha value is -2.26. The van der Waals surface area contributed by atoms with Crippen molar-refractivity contribution in [2.75, 3.05) is 39.4 Å². The van der Waals surface area contributed by atoms with Gasteiger partial charge in [0.05, 0.1) is 18.1 Å². The maximum absolute atomic E-state index is 13.2. The molecule has 190 valence electrons. The van der Waals surface area contributed by atoms with Gasteiger partial charge in [-0.1, -0.05) is 44.2 Å². The molecule has 2 fully saturated rings. The molecule has 0 saturated carbocycles. The molecule has 2 aromatic rings. The predicted molar refractivity (Wildman–Crippen MR) is 137 cm³/mol. The molecule has 2 aliphatic heterocycles. The molecular weight excluding hydrogens is 462 g/mol. The summed E-state index contributed by atoms with van der Waals surface area (Å²) in [5.74, 6) is 0.478. The van der Waals surface area contributed by atoms with Gasteiger partial charge in [-0.3, -0.25) is 9.69 Å². The van der Waals surface area contributed by atoms with Gasteiger partial charge >= 0.3 is 0 Å². The first-order valence-corrected chi connectivity index (χ1v) is 14.1. The van der Waals surface area contributed by atoms with Crippen LogP contribution in [0.1, 0.15) is 53.7 Å². The third-order valence-corrected chi connectivity index (χ3v) is 8.90. The Morgan fingerprint density at radius 2 is 1.77 bits per heavy atom. The highest BCUT2D eigenvalue weighted by molar-refractivity contribution is 7.89. The number of hydrogen-bond acceptors (Lipinski definition) is 5. The van der Waals surface area contributed by atoms with Crippen LogP contribution in [0.5, 0.6) is 0 Å². The lowest BCUT2D eigenvalue weighted by Gasteiger charge is -2.30. The first kappa shape index (κ1) is 25.8. The van der Waals surface area contributed by atoms with Crippen LogP contribution in [0.25, 0.3) is 0 Å². The molecular formula is C27H37N3O4S. The molecule has 8 heteroatoms. The molecule has 0 aromatic heterocycles. The second-order valence-electron chi connectivity index (χ2n) is 9.67. The third kappa shape index (κ3) is 6.50. The van der Waals surface area contributed by atoms with E-state index < -0.39 is 10.0 Å². The summed E-state index contributed by atoms with van der Waals surface area (Å²) in [6, 6.07) is 13.3. The Balaban J connectivity index is 1.39. The van der Waals surface area contributed by atoms with Crippen LogP contribution in [0.2, 0.25) is 0 Å². The van der Waals surface area contributed by atoms with Gasteiger partial charge in [-0.2, -0.15) is 4.31 Å². The zero-order valence-corrected chi connectivity index (χ0v) is 21.6. The fraction of sp³-hybridized carbons (Fsp3) is 0.519. The molecule has 4 rings (SSSR count). The summed E-state index contributed by atoms with van der Waals surface area (Å²) >= 11 is 0. The van der Waals surface area contributed by atoms with E-state index in [1.54, 1.807) is 12.1 Å². The molecule has 0 bridgehead atoms. The van der Waals surface area contributed by atoms with Crippen molar-refractivity contribution in [1.82, 2.24) is 14.5 Å². The maximum atomic E-state index is 13.2. The first-order valence-electron chi connectivity index (χ1n) is 12.7. The number of amides is 1. The molecule has 2 aromatic carbocycles. The topological polar surface area (TPSA) is 79.0 Å². The van der Waals surface area contributed by atoms with Gasteiger partial charge in [0.2, 0.25) is 10.0 Å². The molecule has 0 radical (unpaired) electrons. The fourth-order valence-electron chi connectivity index (χ4n) is 4.89. The number of carbonyl (C=O) groups is 1. The number of likely N-dealkylation sites (tertiary alicyclic amines) is 1. The molecule has 0 aliphatic carbocycles. The molecule has 1 amide bonds. The molecule has 1 atom stereocenters. The van der Waals surface area contributed by atoms with E-state index in [4.69, 9.17) is 4.74 Å². The van der Waals surface area contributed by atoms with Crippen molar-refractivity contribution in [2.45, 2.75) is 51.1 Å². The fourth-order valence-corrected chi connectivity index (χ4v) is 6.62. The highest BCUT2D eigenvalue weighted by atomic mass is 32.2. The van der Waals surface area contributed by atoms with Crippen LogP contribution in [0.15, 0.2) is 47.4 Å². The maximum Gasteiger partial charge on any atom is 0.251 e. The number of piperidine rings is 1. The summed E-state index contributed by atoms with van der Waals surface area (Å²) in [6.45, 7) is 9.32. The minimum atomic E-state index is -3.68. The molecule has 1 unspecified atom stereocenters. The summed E-state index contributed by atoms with van der Waals surface area (Å²) in [4.78, 5) is 15.6. The van der Waals surface area contributed by atoms with E-state index in [0.717, 1.165) is 31.1 Å². The zero-order chi connectivity index (χ0) is 24.8. The van der Waals surface area contributed by atoms with Crippen LogP contribution >= 0.6 is 0 Å². The van der Waals surface area contributed by atoms with Crippen molar-refractivity contribution in [3.8, 4) is 0 Å². The van der Waals surface area contributed by atoms with Gasteiger partial charge in [-0.15, -0.1) is 0 Å². The number of carbonyl (C=O) groups excluding carboxylic acids is 1. The zero-order valence-electron chi connectivity index (χ0n) is 20.8. The Kier molecular flexibility index (Phi) is 8.59. The van der Waals surface area contributed by atoms with E-state index in [1.165, 1.54) is 28.8 Å². The molecule has 7 nitrogen and oxygen atoms in total. The average molecular weight is 500 g/mol. The van der Waals surface area contributed by atoms with Crippen LogP contribution < -0.4 is 5.32 Å². The van der Waals surface area contributed by atoms with Crippen LogP contribution in [0, 0.1) is 5.92 Å². The highest BCUT2D eigenvalue weighted by Gasteiger charge is 2.29. The van der Waals surface area contributed by atoms with Crippen LogP contribution in [-0.2, 0) is 34.3 Å². The van der Waals surface area contributed by atoms with Crippen molar-refractivity contribution in [1.29, 1.82) is 0 Å². The quantitative estimate of drug-likeness (QED) is 0.602. The van der Waals surface area contributed by atoms with Gasteiger partial charge in [-0.05, 0) is 60.5 Å². The minimum absolute atomic E-state index is 0.214. The molecule has 1 N–H and O–H groups in total. The monoisotopic (exact) mass is 499 g/mol. The van der Waals surface area contributed by atoms with Crippen LogP contribution in [-0.4, -0.2) is 62.9 Å². The van der Waals surface area contributed by atoms with Crippen molar-refractivity contribution in [2.24, 2.45) is 5.92 Å². The summed E-state index contributed by atoms with van der Waals surface area (Å²) < 4.78 is 33.2. The smallest absolute Gasteiger partial charge is 0.251 e. The molecule has 2 heterocycles. The van der Waals surface area contributed by atoms with Crippen LogP contribution in [0.4, 0.5) is 0 Å². The normalized spacial score (nSPS) is 20.0. The van der Waals surface area contributed by atoms with Crippen molar-refractivity contribution in [3.63, 3.8) is 0 Å². The van der Waals surface area contributed by atoms with Crippen molar-refractivity contribution >= 4 is 15.9 Å². The Morgan fingerprint density at radius 1 is 1.06 bits per heavy atom. The van der Waals surface area contributed by atoms with Crippen molar-refractivity contribution < 1.29 is 17.9 Å². The second kappa shape index (κ2) is 11.6.